The van der Waals surface area contributed by atoms with Gasteiger partial charge in [0.25, 0.3) is 0 Å². The Bertz CT molecular complexity index is 297. The zero-order chi connectivity index (χ0) is 9.68. The summed E-state index contributed by atoms with van der Waals surface area (Å²) in [5, 5.41) is 3.11. The molecule has 0 radical (unpaired) electrons. The van der Waals surface area contributed by atoms with Gasteiger partial charge < -0.3 is 15.8 Å². The second-order valence-corrected chi connectivity index (χ2v) is 2.74. The van der Waals surface area contributed by atoms with Gasteiger partial charge >= 0.3 is 0 Å². The van der Waals surface area contributed by atoms with E-state index in [0.29, 0.717) is 12.2 Å². The maximum Gasteiger partial charge on any atom is 0.120 e. The summed E-state index contributed by atoms with van der Waals surface area (Å²) in [6, 6.07) is 7.66. The van der Waals surface area contributed by atoms with Gasteiger partial charge in [0, 0.05) is 17.5 Å². The molecule has 0 heterocycles. The van der Waals surface area contributed by atoms with Crippen molar-refractivity contribution >= 4 is 5.69 Å². The molecule has 0 aromatic heterocycles. The maximum absolute atomic E-state index is 5.42. The standard InChI is InChI=1S/C10H14N2O/c1-8(11)7-12-9-4-3-5-10(6-9)13-2/h3-6,12H,1,7,11H2,2H3. The van der Waals surface area contributed by atoms with E-state index >= 15 is 0 Å². The third-order valence-corrected chi connectivity index (χ3v) is 1.59. The third-order valence-electron chi connectivity index (χ3n) is 1.59. The quantitative estimate of drug-likeness (QED) is 0.735. The van der Waals surface area contributed by atoms with E-state index in [9.17, 15) is 0 Å². The zero-order valence-electron chi connectivity index (χ0n) is 7.71. The van der Waals surface area contributed by atoms with Crippen molar-refractivity contribution in [2.24, 2.45) is 5.73 Å². The van der Waals surface area contributed by atoms with Crippen molar-refractivity contribution < 1.29 is 4.74 Å². The number of anilines is 1. The Morgan fingerprint density at radius 3 is 3.00 bits per heavy atom. The van der Waals surface area contributed by atoms with Crippen molar-refractivity contribution in [3.8, 4) is 5.75 Å². The number of benzene rings is 1. The largest absolute Gasteiger partial charge is 0.497 e. The van der Waals surface area contributed by atoms with Crippen LogP contribution >= 0.6 is 0 Å². The summed E-state index contributed by atoms with van der Waals surface area (Å²) in [6.45, 7) is 4.17. The Morgan fingerprint density at radius 1 is 1.62 bits per heavy atom. The molecular formula is C10H14N2O. The van der Waals surface area contributed by atoms with Crippen molar-refractivity contribution in [3.05, 3.63) is 36.5 Å². The molecule has 0 saturated carbocycles. The molecule has 0 atom stereocenters. The topological polar surface area (TPSA) is 47.3 Å². The second-order valence-electron chi connectivity index (χ2n) is 2.74. The van der Waals surface area contributed by atoms with Gasteiger partial charge in [-0.1, -0.05) is 12.6 Å². The molecule has 0 bridgehead atoms. The van der Waals surface area contributed by atoms with Crippen LogP contribution < -0.4 is 15.8 Å². The van der Waals surface area contributed by atoms with E-state index in [4.69, 9.17) is 10.5 Å². The number of ether oxygens (including phenoxy) is 1. The Labute approximate surface area is 78.2 Å². The number of nitrogens with one attached hydrogen (secondary N) is 1. The minimum atomic E-state index is 0.577. The van der Waals surface area contributed by atoms with Crippen LogP contribution in [-0.2, 0) is 0 Å². The molecule has 1 aromatic carbocycles. The lowest BCUT2D eigenvalue weighted by Crippen LogP contribution is -2.09. The van der Waals surface area contributed by atoms with E-state index in [0.717, 1.165) is 11.4 Å². The van der Waals surface area contributed by atoms with E-state index in [-0.39, 0.29) is 0 Å². The molecular weight excluding hydrogens is 164 g/mol. The minimum absolute atomic E-state index is 0.577. The maximum atomic E-state index is 5.42. The molecule has 13 heavy (non-hydrogen) atoms. The summed E-state index contributed by atoms with van der Waals surface area (Å²) in [5.41, 5.74) is 7.01. The third kappa shape index (κ3) is 3.07. The normalized spacial score (nSPS) is 9.31. The van der Waals surface area contributed by atoms with Crippen LogP contribution in [0, 0.1) is 0 Å². The first-order valence-electron chi connectivity index (χ1n) is 4.03. The van der Waals surface area contributed by atoms with E-state index in [1.807, 2.05) is 24.3 Å². The summed E-state index contributed by atoms with van der Waals surface area (Å²) in [6.07, 6.45) is 0. The van der Waals surface area contributed by atoms with Crippen molar-refractivity contribution in [2.45, 2.75) is 0 Å². The van der Waals surface area contributed by atoms with Gasteiger partial charge in [-0.05, 0) is 12.1 Å². The van der Waals surface area contributed by atoms with Crippen LogP contribution in [0.4, 0.5) is 5.69 Å². The highest BCUT2D eigenvalue weighted by Gasteiger charge is 1.94. The predicted octanol–water partition coefficient (Wildman–Crippen LogP) is 1.58. The summed E-state index contributed by atoms with van der Waals surface area (Å²) < 4.78 is 5.07. The summed E-state index contributed by atoms with van der Waals surface area (Å²) in [4.78, 5) is 0. The van der Waals surface area contributed by atoms with Gasteiger partial charge in [0.1, 0.15) is 5.75 Å². The van der Waals surface area contributed by atoms with E-state index in [1.54, 1.807) is 7.11 Å². The Hall–Kier alpha value is -1.64. The van der Waals surface area contributed by atoms with Crippen molar-refractivity contribution in [1.29, 1.82) is 0 Å². The van der Waals surface area contributed by atoms with Gasteiger partial charge in [-0.3, -0.25) is 0 Å². The van der Waals surface area contributed by atoms with Gasteiger partial charge in [0.2, 0.25) is 0 Å². The second kappa shape index (κ2) is 4.40. The van der Waals surface area contributed by atoms with Gasteiger partial charge in [-0.25, -0.2) is 0 Å². The summed E-state index contributed by atoms with van der Waals surface area (Å²) in [5.74, 6) is 0.827. The first-order chi connectivity index (χ1) is 6.22. The average Bonchev–Trinajstić information content (AvgIpc) is 2.15. The molecule has 70 valence electrons. The molecule has 1 rings (SSSR count). The highest BCUT2D eigenvalue weighted by molar-refractivity contribution is 5.48. The molecule has 0 saturated heterocycles. The fourth-order valence-electron chi connectivity index (χ4n) is 0.949. The molecule has 0 aliphatic heterocycles. The van der Waals surface area contributed by atoms with Crippen LogP contribution in [0.25, 0.3) is 0 Å². The Morgan fingerprint density at radius 2 is 2.38 bits per heavy atom. The van der Waals surface area contributed by atoms with Gasteiger partial charge in [-0.2, -0.15) is 0 Å². The zero-order valence-corrected chi connectivity index (χ0v) is 7.71. The van der Waals surface area contributed by atoms with Gasteiger partial charge in [-0.15, -0.1) is 0 Å². The smallest absolute Gasteiger partial charge is 0.120 e. The molecule has 0 spiro atoms. The highest BCUT2D eigenvalue weighted by atomic mass is 16.5. The van der Waals surface area contributed by atoms with Crippen molar-refractivity contribution in [1.82, 2.24) is 0 Å². The fourth-order valence-corrected chi connectivity index (χ4v) is 0.949. The molecule has 0 aliphatic carbocycles. The van der Waals surface area contributed by atoms with E-state index in [2.05, 4.69) is 11.9 Å². The number of nitrogens with two attached hydrogens (primary N) is 1. The first-order valence-corrected chi connectivity index (χ1v) is 4.03. The SMILES string of the molecule is C=C(N)CNc1cccc(OC)c1. The van der Waals surface area contributed by atoms with E-state index in [1.165, 1.54) is 0 Å². The number of methoxy groups -OCH3 is 1. The van der Waals surface area contributed by atoms with Crippen LogP contribution in [-0.4, -0.2) is 13.7 Å². The summed E-state index contributed by atoms with van der Waals surface area (Å²) >= 11 is 0. The minimum Gasteiger partial charge on any atom is -0.497 e. The number of rotatable bonds is 4. The lowest BCUT2D eigenvalue weighted by molar-refractivity contribution is 0.415. The molecule has 0 aliphatic rings. The van der Waals surface area contributed by atoms with Crippen LogP contribution in [0.15, 0.2) is 36.5 Å². The first kappa shape index (κ1) is 9.45. The average molecular weight is 178 g/mol. The molecule has 3 nitrogen and oxygen atoms in total. The lowest BCUT2D eigenvalue weighted by atomic mass is 10.3. The van der Waals surface area contributed by atoms with Crippen molar-refractivity contribution in [2.75, 3.05) is 19.0 Å². The molecule has 3 heteroatoms. The molecule has 0 fully saturated rings. The van der Waals surface area contributed by atoms with Gasteiger partial charge in [0.05, 0.1) is 13.7 Å². The molecule has 0 amide bonds. The Balaban J connectivity index is 2.61. The van der Waals surface area contributed by atoms with Crippen LogP contribution in [0.3, 0.4) is 0 Å². The monoisotopic (exact) mass is 178 g/mol. The number of hydrogen-bond acceptors (Lipinski definition) is 3. The predicted molar refractivity (Wildman–Crippen MR) is 54.8 cm³/mol. The van der Waals surface area contributed by atoms with Crippen LogP contribution in [0.1, 0.15) is 0 Å². The molecule has 1 aromatic rings. The fraction of sp³-hybridized carbons (Fsp3) is 0.200. The van der Waals surface area contributed by atoms with E-state index < -0.39 is 0 Å². The molecule has 3 N–H and O–H groups in total. The summed E-state index contributed by atoms with van der Waals surface area (Å²) in [7, 11) is 1.64. The Kier molecular flexibility index (Phi) is 3.20. The van der Waals surface area contributed by atoms with Crippen molar-refractivity contribution in [3.63, 3.8) is 0 Å². The van der Waals surface area contributed by atoms with Gasteiger partial charge in [0.15, 0.2) is 0 Å². The number of hydrogen-bond donors (Lipinski definition) is 2. The molecule has 0 unspecified atom stereocenters. The highest BCUT2D eigenvalue weighted by Crippen LogP contribution is 2.16. The van der Waals surface area contributed by atoms with Crippen LogP contribution in [0.5, 0.6) is 5.75 Å². The van der Waals surface area contributed by atoms with Crippen LogP contribution in [0.2, 0.25) is 0 Å². The lowest BCUT2D eigenvalue weighted by Gasteiger charge is -2.07.